The maximum atomic E-state index is 4.49. The topological polar surface area (TPSA) is 24.9 Å². The molecule has 2 aromatic carbocycles. The number of fused-ring (bicyclic) bond motifs is 1. The van der Waals surface area contributed by atoms with E-state index in [4.69, 9.17) is 0 Å². The van der Waals surface area contributed by atoms with Crippen molar-refractivity contribution in [2.24, 2.45) is 0 Å². The first kappa shape index (κ1) is 16.4. The molecule has 0 amide bonds. The van der Waals surface area contributed by atoms with Gasteiger partial charge < -0.3 is 5.32 Å². The van der Waals surface area contributed by atoms with Crippen LogP contribution in [-0.2, 0) is 0 Å². The van der Waals surface area contributed by atoms with Crippen LogP contribution in [-0.4, -0.2) is 4.98 Å². The fraction of sp³-hybridized carbons (Fsp3) is 0.227. The summed E-state index contributed by atoms with van der Waals surface area (Å²) in [6, 6.07) is 21.4. The highest BCUT2D eigenvalue weighted by Crippen LogP contribution is 2.27. The minimum Gasteiger partial charge on any atom is -0.300 e. The van der Waals surface area contributed by atoms with Gasteiger partial charge in [-0.3, -0.25) is 4.98 Å². The van der Waals surface area contributed by atoms with Crippen LogP contribution in [0, 0.1) is 0 Å². The number of benzene rings is 2. The molecule has 0 aliphatic carbocycles. The SMILES string of the molecule is CC(C)=CC(NC(C)c1ccccc1)c1ccnc2ccccc12. The summed E-state index contributed by atoms with van der Waals surface area (Å²) in [5, 5.41) is 4.97. The van der Waals surface area contributed by atoms with E-state index in [0.717, 1.165) is 5.52 Å². The molecule has 3 rings (SSSR count). The van der Waals surface area contributed by atoms with Crippen LogP contribution in [0.5, 0.6) is 0 Å². The van der Waals surface area contributed by atoms with Gasteiger partial charge in [0.25, 0.3) is 0 Å². The predicted octanol–water partition coefficient (Wildman–Crippen LogP) is 5.59. The third-order valence-corrected chi connectivity index (χ3v) is 4.25. The monoisotopic (exact) mass is 316 g/mol. The highest BCUT2D eigenvalue weighted by molar-refractivity contribution is 5.82. The van der Waals surface area contributed by atoms with Gasteiger partial charge in [-0.05, 0) is 44.0 Å². The largest absolute Gasteiger partial charge is 0.300 e. The Kier molecular flexibility index (Phi) is 5.07. The number of nitrogens with one attached hydrogen (secondary N) is 1. The summed E-state index contributed by atoms with van der Waals surface area (Å²) in [6.07, 6.45) is 4.19. The van der Waals surface area contributed by atoms with Gasteiger partial charge in [0.1, 0.15) is 0 Å². The van der Waals surface area contributed by atoms with Gasteiger partial charge in [-0.15, -0.1) is 0 Å². The number of nitrogens with zero attached hydrogens (tertiary/aromatic N) is 1. The molecule has 2 heteroatoms. The van der Waals surface area contributed by atoms with Gasteiger partial charge in [0.05, 0.1) is 11.6 Å². The average Bonchev–Trinajstić information content (AvgIpc) is 2.61. The van der Waals surface area contributed by atoms with E-state index in [0.29, 0.717) is 0 Å². The summed E-state index contributed by atoms with van der Waals surface area (Å²) in [7, 11) is 0. The number of allylic oxidation sites excluding steroid dienone is 1. The third-order valence-electron chi connectivity index (χ3n) is 4.25. The van der Waals surface area contributed by atoms with E-state index in [-0.39, 0.29) is 12.1 Å². The van der Waals surface area contributed by atoms with E-state index in [2.05, 4.69) is 91.7 Å². The van der Waals surface area contributed by atoms with E-state index >= 15 is 0 Å². The predicted molar refractivity (Wildman–Crippen MR) is 102 cm³/mol. The molecular weight excluding hydrogens is 292 g/mol. The number of para-hydroxylation sites is 1. The Morgan fingerprint density at radius 3 is 2.42 bits per heavy atom. The van der Waals surface area contributed by atoms with Gasteiger partial charge in [0, 0.05) is 17.6 Å². The molecule has 3 aromatic rings. The Hall–Kier alpha value is -2.45. The number of hydrogen-bond donors (Lipinski definition) is 1. The third kappa shape index (κ3) is 3.72. The molecule has 0 bridgehead atoms. The molecule has 0 saturated carbocycles. The second-order valence-electron chi connectivity index (χ2n) is 6.44. The van der Waals surface area contributed by atoms with Crippen LogP contribution in [0.15, 0.2) is 78.5 Å². The fourth-order valence-electron chi connectivity index (χ4n) is 3.06. The first-order valence-electron chi connectivity index (χ1n) is 8.45. The molecule has 122 valence electrons. The molecule has 1 aromatic heterocycles. The van der Waals surface area contributed by atoms with Crippen LogP contribution in [0.1, 0.15) is 44.0 Å². The van der Waals surface area contributed by atoms with Gasteiger partial charge in [-0.1, -0.05) is 60.2 Å². The van der Waals surface area contributed by atoms with Crippen molar-refractivity contribution in [2.45, 2.75) is 32.9 Å². The second-order valence-corrected chi connectivity index (χ2v) is 6.44. The van der Waals surface area contributed by atoms with Crippen molar-refractivity contribution in [3.63, 3.8) is 0 Å². The molecular formula is C22H24N2. The normalized spacial score (nSPS) is 13.5. The number of pyridine rings is 1. The molecule has 0 spiro atoms. The average molecular weight is 316 g/mol. The first-order valence-corrected chi connectivity index (χ1v) is 8.45. The quantitative estimate of drug-likeness (QED) is 0.620. The molecule has 1 heterocycles. The molecule has 2 nitrogen and oxygen atoms in total. The summed E-state index contributed by atoms with van der Waals surface area (Å²) in [5.41, 5.74) is 4.90. The second kappa shape index (κ2) is 7.41. The number of aromatic nitrogens is 1. The van der Waals surface area contributed by atoms with E-state index in [1.54, 1.807) is 0 Å². The van der Waals surface area contributed by atoms with Crippen molar-refractivity contribution in [3.8, 4) is 0 Å². The molecule has 0 radical (unpaired) electrons. The van der Waals surface area contributed by atoms with E-state index < -0.39 is 0 Å². The maximum absolute atomic E-state index is 4.49. The summed E-state index contributed by atoms with van der Waals surface area (Å²) in [5.74, 6) is 0. The lowest BCUT2D eigenvalue weighted by Crippen LogP contribution is -2.24. The van der Waals surface area contributed by atoms with Gasteiger partial charge in [-0.2, -0.15) is 0 Å². The summed E-state index contributed by atoms with van der Waals surface area (Å²) in [6.45, 7) is 6.50. The lowest BCUT2D eigenvalue weighted by molar-refractivity contribution is 0.527. The fourth-order valence-corrected chi connectivity index (χ4v) is 3.06. The lowest BCUT2D eigenvalue weighted by atomic mass is 9.98. The minimum absolute atomic E-state index is 0.151. The zero-order chi connectivity index (χ0) is 16.9. The molecule has 0 fully saturated rings. The van der Waals surface area contributed by atoms with Crippen LogP contribution in [0.3, 0.4) is 0 Å². The molecule has 2 unspecified atom stereocenters. The number of hydrogen-bond acceptors (Lipinski definition) is 2. The van der Waals surface area contributed by atoms with E-state index in [1.165, 1.54) is 22.1 Å². The summed E-state index contributed by atoms with van der Waals surface area (Å²) < 4.78 is 0. The molecule has 24 heavy (non-hydrogen) atoms. The van der Waals surface area contributed by atoms with Gasteiger partial charge in [0.15, 0.2) is 0 Å². The smallest absolute Gasteiger partial charge is 0.0705 e. The minimum atomic E-state index is 0.151. The van der Waals surface area contributed by atoms with Crippen molar-refractivity contribution in [1.82, 2.24) is 10.3 Å². The van der Waals surface area contributed by atoms with Crippen LogP contribution in [0.2, 0.25) is 0 Å². The zero-order valence-corrected chi connectivity index (χ0v) is 14.5. The Balaban J connectivity index is 1.99. The molecule has 0 aliphatic rings. The standard InChI is InChI=1S/C22H24N2/c1-16(2)15-22(24-17(3)18-9-5-4-6-10-18)20-13-14-23-21-12-8-7-11-19(20)21/h4-15,17,22,24H,1-3H3. The van der Waals surface area contributed by atoms with Crippen molar-refractivity contribution < 1.29 is 0 Å². The van der Waals surface area contributed by atoms with Crippen LogP contribution in [0.4, 0.5) is 0 Å². The highest BCUT2D eigenvalue weighted by Gasteiger charge is 2.15. The van der Waals surface area contributed by atoms with Crippen LogP contribution >= 0.6 is 0 Å². The lowest BCUT2D eigenvalue weighted by Gasteiger charge is -2.23. The Bertz CT molecular complexity index is 827. The number of rotatable bonds is 5. The molecule has 0 saturated heterocycles. The highest BCUT2D eigenvalue weighted by atomic mass is 14.9. The summed E-state index contributed by atoms with van der Waals surface area (Å²) in [4.78, 5) is 4.49. The van der Waals surface area contributed by atoms with E-state index in [9.17, 15) is 0 Å². The molecule has 1 N–H and O–H groups in total. The molecule has 2 atom stereocenters. The van der Waals surface area contributed by atoms with Crippen LogP contribution < -0.4 is 5.32 Å². The van der Waals surface area contributed by atoms with Crippen molar-refractivity contribution >= 4 is 10.9 Å². The van der Waals surface area contributed by atoms with Gasteiger partial charge in [-0.25, -0.2) is 0 Å². The Labute approximate surface area is 144 Å². The van der Waals surface area contributed by atoms with Gasteiger partial charge >= 0.3 is 0 Å². The zero-order valence-electron chi connectivity index (χ0n) is 14.5. The van der Waals surface area contributed by atoms with Gasteiger partial charge in [0.2, 0.25) is 0 Å². The summed E-state index contributed by atoms with van der Waals surface area (Å²) >= 11 is 0. The molecule has 0 aliphatic heterocycles. The van der Waals surface area contributed by atoms with Crippen molar-refractivity contribution in [2.75, 3.05) is 0 Å². The van der Waals surface area contributed by atoms with Crippen LogP contribution in [0.25, 0.3) is 10.9 Å². The first-order chi connectivity index (χ1) is 11.6. The van der Waals surface area contributed by atoms with Crippen molar-refractivity contribution in [3.05, 3.63) is 89.6 Å². The van der Waals surface area contributed by atoms with E-state index in [1.807, 2.05) is 12.3 Å². The maximum Gasteiger partial charge on any atom is 0.0705 e. The Morgan fingerprint density at radius 1 is 0.958 bits per heavy atom. The Morgan fingerprint density at radius 2 is 1.67 bits per heavy atom. The van der Waals surface area contributed by atoms with Crippen molar-refractivity contribution in [1.29, 1.82) is 0 Å².